The van der Waals surface area contributed by atoms with Gasteiger partial charge in [-0.3, -0.25) is 14.9 Å². The molecule has 3 N–H and O–H groups in total. The largest absolute Gasteiger partial charge is 0.493 e. The summed E-state index contributed by atoms with van der Waals surface area (Å²) in [4.78, 5) is 25.4. The van der Waals surface area contributed by atoms with E-state index in [-0.39, 0.29) is 23.5 Å². The van der Waals surface area contributed by atoms with Crippen LogP contribution in [0.4, 0.5) is 5.69 Å². The van der Waals surface area contributed by atoms with E-state index in [2.05, 4.69) is 38.8 Å². The summed E-state index contributed by atoms with van der Waals surface area (Å²) in [5, 5.41) is 8.54. The van der Waals surface area contributed by atoms with Crippen LogP contribution in [0.25, 0.3) is 0 Å². The average molecular weight is 558 g/mol. The van der Waals surface area contributed by atoms with Crippen molar-refractivity contribution in [2.24, 2.45) is 0 Å². The number of anilines is 1. The van der Waals surface area contributed by atoms with Crippen molar-refractivity contribution in [2.75, 3.05) is 11.9 Å². The highest BCUT2D eigenvalue weighted by Crippen LogP contribution is 2.24. The number of unbranched alkanes of at least 4 members (excludes halogenated alkanes) is 3. The molecule has 7 nitrogen and oxygen atoms in total. The number of carbonyl (C=O) groups excluding carboxylic acids is 2. The smallest absolute Gasteiger partial charge is 0.261 e. The summed E-state index contributed by atoms with van der Waals surface area (Å²) in [5.41, 5.74) is 1.40. The van der Waals surface area contributed by atoms with Crippen molar-refractivity contribution in [3.05, 3.63) is 82.2 Å². The maximum atomic E-state index is 12.9. The van der Waals surface area contributed by atoms with Crippen LogP contribution in [0, 0.1) is 0 Å². The van der Waals surface area contributed by atoms with Crippen molar-refractivity contribution in [3.8, 4) is 5.75 Å². The van der Waals surface area contributed by atoms with Crippen LogP contribution in [0.5, 0.6) is 5.75 Å². The van der Waals surface area contributed by atoms with E-state index in [4.69, 9.17) is 21.4 Å². The first kappa shape index (κ1) is 26.4. The molecule has 0 spiro atoms. The maximum absolute atomic E-state index is 12.9. The molecule has 3 rings (SSSR count). The van der Waals surface area contributed by atoms with Gasteiger partial charge < -0.3 is 19.8 Å². The van der Waals surface area contributed by atoms with Crippen LogP contribution in [-0.4, -0.2) is 23.5 Å². The van der Waals surface area contributed by atoms with Crippen LogP contribution in [0.3, 0.4) is 0 Å². The molecule has 1 heterocycles. The van der Waals surface area contributed by atoms with Crippen LogP contribution < -0.4 is 20.7 Å². The third-order valence-corrected chi connectivity index (χ3v) is 5.75. The molecule has 0 radical (unpaired) electrons. The van der Waals surface area contributed by atoms with E-state index in [0.29, 0.717) is 34.9 Å². The zero-order chi connectivity index (χ0) is 25.0. The van der Waals surface area contributed by atoms with Gasteiger partial charge in [0.1, 0.15) is 11.5 Å². The summed E-state index contributed by atoms with van der Waals surface area (Å²) in [7, 11) is 0. The number of benzene rings is 2. The third-order valence-electron chi connectivity index (χ3n) is 5.05. The average Bonchev–Trinajstić information content (AvgIpc) is 3.37. The summed E-state index contributed by atoms with van der Waals surface area (Å²) in [6.07, 6.45) is 5.87. The first-order valence-electron chi connectivity index (χ1n) is 11.4. The van der Waals surface area contributed by atoms with E-state index in [0.717, 1.165) is 30.2 Å². The fraction of sp³-hybridized carbons (Fsp3) is 0.269. The Morgan fingerprint density at radius 1 is 1.03 bits per heavy atom. The molecule has 0 saturated carbocycles. The first-order chi connectivity index (χ1) is 17.0. The van der Waals surface area contributed by atoms with Crippen molar-refractivity contribution in [3.63, 3.8) is 0 Å². The van der Waals surface area contributed by atoms with E-state index in [1.165, 1.54) is 0 Å². The van der Waals surface area contributed by atoms with Crippen LogP contribution in [0.15, 0.2) is 69.8 Å². The van der Waals surface area contributed by atoms with E-state index in [9.17, 15) is 9.59 Å². The Labute approximate surface area is 218 Å². The fourth-order valence-corrected chi connectivity index (χ4v) is 3.84. The number of furan rings is 1. The van der Waals surface area contributed by atoms with Gasteiger partial charge in [-0.15, -0.1) is 0 Å². The van der Waals surface area contributed by atoms with Gasteiger partial charge in [-0.1, -0.05) is 48.2 Å². The summed E-state index contributed by atoms with van der Waals surface area (Å²) >= 11 is 8.74. The lowest BCUT2D eigenvalue weighted by Gasteiger charge is -2.14. The van der Waals surface area contributed by atoms with Crippen molar-refractivity contribution >= 4 is 50.8 Å². The first-order valence-corrected chi connectivity index (χ1v) is 12.6. The predicted molar refractivity (Wildman–Crippen MR) is 144 cm³/mol. The monoisotopic (exact) mass is 557 g/mol. The minimum atomic E-state index is -0.389. The number of rotatable bonds is 11. The number of thiocarbonyl (C=S) groups is 1. The van der Waals surface area contributed by atoms with Crippen molar-refractivity contribution in [1.82, 2.24) is 10.6 Å². The highest BCUT2D eigenvalue weighted by Gasteiger charge is 2.15. The van der Waals surface area contributed by atoms with E-state index < -0.39 is 0 Å². The molecule has 2 aromatic carbocycles. The summed E-state index contributed by atoms with van der Waals surface area (Å²) in [6, 6.07) is 15.7. The third kappa shape index (κ3) is 8.52. The van der Waals surface area contributed by atoms with Crippen LogP contribution in [0.2, 0.25) is 0 Å². The topological polar surface area (TPSA) is 92.6 Å². The molecule has 9 heteroatoms. The van der Waals surface area contributed by atoms with Crippen molar-refractivity contribution in [2.45, 2.75) is 39.2 Å². The quantitative estimate of drug-likeness (QED) is 0.196. The summed E-state index contributed by atoms with van der Waals surface area (Å²) in [5.74, 6) is 0.517. The second-order valence-electron chi connectivity index (χ2n) is 7.80. The Bertz CT molecular complexity index is 1150. The van der Waals surface area contributed by atoms with Crippen molar-refractivity contribution < 1.29 is 18.7 Å². The molecule has 0 aliphatic carbocycles. The highest BCUT2D eigenvalue weighted by atomic mass is 79.9. The minimum Gasteiger partial charge on any atom is -0.493 e. The van der Waals surface area contributed by atoms with Gasteiger partial charge >= 0.3 is 0 Å². The molecule has 0 fully saturated rings. The molecule has 0 atom stereocenters. The number of ether oxygens (including phenoxy) is 1. The Balaban J connectivity index is 1.57. The van der Waals surface area contributed by atoms with Gasteiger partial charge in [0.25, 0.3) is 11.8 Å². The molecular weight excluding hydrogens is 530 g/mol. The highest BCUT2D eigenvalue weighted by molar-refractivity contribution is 9.10. The van der Waals surface area contributed by atoms with Crippen LogP contribution in [0.1, 0.15) is 59.1 Å². The zero-order valence-electron chi connectivity index (χ0n) is 19.4. The Morgan fingerprint density at radius 3 is 2.66 bits per heavy atom. The Hall–Kier alpha value is -3.17. The molecule has 0 unspecified atom stereocenters. The normalized spacial score (nSPS) is 10.5. The van der Waals surface area contributed by atoms with Gasteiger partial charge in [-0.25, -0.2) is 0 Å². The number of hydrogen-bond acceptors (Lipinski definition) is 5. The van der Waals surface area contributed by atoms with Gasteiger partial charge in [0.15, 0.2) is 5.11 Å². The SMILES string of the molecule is CCCCCCOc1ccc(Br)cc1C(=O)NC(=S)Nc1cccc(C(=O)NCc2ccco2)c1. The molecular formula is C26H28BrN3O4S. The number of nitrogens with one attached hydrogen (secondary N) is 3. The van der Waals surface area contributed by atoms with Crippen molar-refractivity contribution in [1.29, 1.82) is 0 Å². The molecule has 0 saturated heterocycles. The predicted octanol–water partition coefficient (Wildman–Crippen LogP) is 6.06. The van der Waals surface area contributed by atoms with E-state index in [1.54, 1.807) is 54.8 Å². The lowest BCUT2D eigenvalue weighted by molar-refractivity contribution is 0.0945. The number of hydrogen-bond donors (Lipinski definition) is 3. The van der Waals surface area contributed by atoms with Gasteiger partial charge in [-0.05, 0) is 67.2 Å². The van der Waals surface area contributed by atoms with Gasteiger partial charge in [0.2, 0.25) is 0 Å². The summed E-state index contributed by atoms with van der Waals surface area (Å²) < 4.78 is 11.8. The lowest BCUT2D eigenvalue weighted by atomic mass is 10.2. The van der Waals surface area contributed by atoms with E-state index in [1.807, 2.05) is 6.07 Å². The van der Waals surface area contributed by atoms with Crippen LogP contribution >= 0.6 is 28.1 Å². The molecule has 0 aliphatic heterocycles. The van der Waals surface area contributed by atoms with Gasteiger partial charge in [0, 0.05) is 15.7 Å². The molecule has 1 aromatic heterocycles. The van der Waals surface area contributed by atoms with E-state index >= 15 is 0 Å². The molecule has 184 valence electrons. The lowest BCUT2D eigenvalue weighted by Crippen LogP contribution is -2.34. The maximum Gasteiger partial charge on any atom is 0.261 e. The molecule has 35 heavy (non-hydrogen) atoms. The summed E-state index contributed by atoms with van der Waals surface area (Å²) in [6.45, 7) is 2.98. The molecule has 3 aromatic rings. The number of amides is 2. The van der Waals surface area contributed by atoms with Crippen LogP contribution in [-0.2, 0) is 6.54 Å². The molecule has 2 amide bonds. The molecule has 0 bridgehead atoms. The Morgan fingerprint density at radius 2 is 1.89 bits per heavy atom. The van der Waals surface area contributed by atoms with Gasteiger partial charge in [0.05, 0.1) is 25.0 Å². The second kappa shape index (κ2) is 13.7. The number of carbonyl (C=O) groups is 2. The number of halogens is 1. The Kier molecular flexibility index (Phi) is 10.3. The zero-order valence-corrected chi connectivity index (χ0v) is 21.8. The second-order valence-corrected chi connectivity index (χ2v) is 9.12. The fourth-order valence-electron chi connectivity index (χ4n) is 3.27. The standard InChI is InChI=1S/C26H28BrN3O4S/c1-2-3-4-5-13-34-23-12-11-19(27)16-22(23)25(32)30-26(35)29-20-9-6-8-18(15-20)24(31)28-17-21-10-7-14-33-21/h6-12,14-16H,2-5,13,17H2,1H3,(H,28,31)(H2,29,30,32,35). The van der Waals surface area contributed by atoms with Gasteiger partial charge in [-0.2, -0.15) is 0 Å². The minimum absolute atomic E-state index is 0.108. The molecule has 0 aliphatic rings.